The molecule has 1 aliphatic heterocycles. The maximum absolute atomic E-state index is 4.35. The van der Waals surface area contributed by atoms with E-state index in [9.17, 15) is 0 Å². The number of pyridine rings is 1. The molecule has 1 nitrogen and oxygen atoms in total. The number of hydrogen-bond donors (Lipinski definition) is 0. The molecule has 1 heteroatoms. The minimum atomic E-state index is -0.0761. The largest absolute Gasteiger partial charge is 0.213 e. The Labute approximate surface area is 164 Å². The van der Waals surface area contributed by atoms with Gasteiger partial charge in [-0.1, -0.05) is 26.5 Å². The van der Waals surface area contributed by atoms with E-state index in [2.05, 4.69) is 74.5 Å². The highest BCUT2D eigenvalue weighted by Crippen LogP contribution is 2.55. The van der Waals surface area contributed by atoms with Crippen LogP contribution in [0.15, 0.2) is 49.2 Å². The molecule has 27 heavy (non-hydrogen) atoms. The maximum atomic E-state index is 4.35. The third kappa shape index (κ3) is 1.98. The lowest BCUT2D eigenvalue weighted by atomic mass is 9.57. The lowest BCUT2D eigenvalue weighted by Crippen LogP contribution is -2.68. The Morgan fingerprint density at radius 1 is 1.04 bits per heavy atom. The van der Waals surface area contributed by atoms with Crippen LogP contribution in [0.3, 0.4) is 0 Å². The Bertz CT molecular complexity index is 918. The van der Waals surface area contributed by atoms with Gasteiger partial charge in [0, 0.05) is 18.6 Å². The van der Waals surface area contributed by atoms with Crippen LogP contribution in [0.4, 0.5) is 0 Å². The quantitative estimate of drug-likeness (QED) is 0.443. The van der Waals surface area contributed by atoms with Gasteiger partial charge in [0.2, 0.25) is 5.69 Å². The summed E-state index contributed by atoms with van der Waals surface area (Å²) in [6.45, 7) is 11.5. The van der Waals surface area contributed by atoms with E-state index >= 15 is 0 Å². The summed E-state index contributed by atoms with van der Waals surface area (Å²) in [5.74, 6) is 1.58. The predicted octanol–water partition coefficient (Wildman–Crippen LogP) is 6.37. The standard InChI is InChI=1S/C26H32N/c1-5-25(4)23-17-21-19-13-11-18(12-14-19)20(21)16-22(23)24-10-8-9-15-27(24)26(25,6-2)7-3/h6,8-10,15-19H,2,5,7,11-14H2,1,3-4H3/q+1. The van der Waals surface area contributed by atoms with Gasteiger partial charge in [-0.2, -0.15) is 4.57 Å². The maximum Gasteiger partial charge on any atom is 0.213 e. The van der Waals surface area contributed by atoms with Crippen LogP contribution in [0.2, 0.25) is 0 Å². The molecule has 1 saturated carbocycles. The van der Waals surface area contributed by atoms with Crippen LogP contribution in [0.25, 0.3) is 11.3 Å². The Kier molecular flexibility index (Phi) is 3.70. The van der Waals surface area contributed by atoms with Crippen LogP contribution in [0.5, 0.6) is 0 Å². The number of aromatic nitrogens is 1. The molecule has 4 aliphatic rings. The van der Waals surface area contributed by atoms with E-state index in [4.69, 9.17) is 0 Å². The van der Waals surface area contributed by atoms with E-state index in [1.54, 1.807) is 16.7 Å². The zero-order chi connectivity index (χ0) is 18.8. The van der Waals surface area contributed by atoms with Crippen molar-refractivity contribution in [1.29, 1.82) is 0 Å². The van der Waals surface area contributed by atoms with Gasteiger partial charge < -0.3 is 0 Å². The summed E-state index contributed by atoms with van der Waals surface area (Å²) in [7, 11) is 0. The topological polar surface area (TPSA) is 3.88 Å². The molecule has 1 aromatic heterocycles. The highest BCUT2D eigenvalue weighted by Gasteiger charge is 2.58. The zero-order valence-electron chi connectivity index (χ0n) is 17.1. The number of hydrogen-bond acceptors (Lipinski definition) is 0. The fourth-order valence-electron chi connectivity index (χ4n) is 6.76. The number of fused-ring (bicyclic) bond motifs is 5. The van der Waals surface area contributed by atoms with Gasteiger partial charge in [0.25, 0.3) is 0 Å². The van der Waals surface area contributed by atoms with Crippen LogP contribution in [0.1, 0.15) is 87.8 Å². The van der Waals surface area contributed by atoms with Crippen molar-refractivity contribution in [1.82, 2.24) is 0 Å². The van der Waals surface area contributed by atoms with Gasteiger partial charge in [-0.05, 0) is 85.8 Å². The molecule has 3 aliphatic carbocycles. The Hall–Kier alpha value is -1.89. The summed E-state index contributed by atoms with van der Waals surface area (Å²) in [5.41, 5.74) is 7.71. The Morgan fingerprint density at radius 3 is 2.30 bits per heavy atom. The molecule has 1 aromatic carbocycles. The van der Waals surface area contributed by atoms with E-state index in [0.717, 1.165) is 24.7 Å². The van der Waals surface area contributed by atoms with Crippen molar-refractivity contribution in [3.8, 4) is 11.3 Å². The highest BCUT2D eigenvalue weighted by molar-refractivity contribution is 5.69. The third-order valence-electron chi connectivity index (χ3n) is 8.53. The van der Waals surface area contributed by atoms with Crippen molar-refractivity contribution in [2.24, 2.45) is 0 Å². The molecule has 2 heterocycles. The van der Waals surface area contributed by atoms with Gasteiger partial charge in [-0.3, -0.25) is 0 Å². The SMILES string of the molecule is C=CC1(CC)[n+]2ccccc2-c2cc3c(cc2C1(C)CC)C1CCC3CC1. The van der Waals surface area contributed by atoms with Crippen LogP contribution in [0, 0.1) is 0 Å². The van der Waals surface area contributed by atoms with Crippen molar-refractivity contribution in [2.45, 2.75) is 82.1 Å². The first-order valence-electron chi connectivity index (χ1n) is 10.9. The van der Waals surface area contributed by atoms with Crippen molar-refractivity contribution in [3.63, 3.8) is 0 Å². The van der Waals surface area contributed by atoms with Crippen molar-refractivity contribution >= 4 is 0 Å². The van der Waals surface area contributed by atoms with Crippen LogP contribution in [-0.2, 0) is 11.0 Å². The summed E-state index contributed by atoms with van der Waals surface area (Å²) in [6.07, 6.45) is 12.3. The minimum Gasteiger partial charge on any atom is -0.188 e. The fraction of sp³-hybridized carbons (Fsp3) is 0.500. The Balaban J connectivity index is 1.87. The lowest BCUT2D eigenvalue weighted by Gasteiger charge is -2.48. The molecule has 2 unspecified atom stereocenters. The molecule has 0 saturated heterocycles. The number of allylic oxidation sites excluding steroid dienone is 1. The molecule has 1 fully saturated rings. The smallest absolute Gasteiger partial charge is 0.188 e. The van der Waals surface area contributed by atoms with Gasteiger partial charge >= 0.3 is 0 Å². The van der Waals surface area contributed by atoms with Crippen molar-refractivity contribution in [3.05, 3.63) is 65.9 Å². The first-order valence-corrected chi connectivity index (χ1v) is 10.9. The molecule has 2 bridgehead atoms. The summed E-state index contributed by atoms with van der Waals surface area (Å²) in [5, 5.41) is 0. The van der Waals surface area contributed by atoms with Gasteiger partial charge in [0.15, 0.2) is 11.7 Å². The van der Waals surface area contributed by atoms with E-state index in [0.29, 0.717) is 0 Å². The van der Waals surface area contributed by atoms with Crippen LogP contribution in [-0.4, -0.2) is 0 Å². The van der Waals surface area contributed by atoms with Crippen molar-refractivity contribution < 1.29 is 4.57 Å². The lowest BCUT2D eigenvalue weighted by molar-refractivity contribution is -0.756. The van der Waals surface area contributed by atoms with Gasteiger partial charge in [-0.25, -0.2) is 0 Å². The second kappa shape index (κ2) is 5.80. The summed E-state index contributed by atoms with van der Waals surface area (Å²) in [6, 6.07) is 11.9. The molecule has 0 radical (unpaired) electrons. The monoisotopic (exact) mass is 358 g/mol. The predicted molar refractivity (Wildman–Crippen MR) is 112 cm³/mol. The van der Waals surface area contributed by atoms with Crippen LogP contribution >= 0.6 is 0 Å². The number of rotatable bonds is 3. The first kappa shape index (κ1) is 17.2. The second-order valence-corrected chi connectivity index (χ2v) is 9.20. The first-order chi connectivity index (χ1) is 13.1. The van der Waals surface area contributed by atoms with Crippen LogP contribution < -0.4 is 4.57 Å². The normalized spacial score (nSPS) is 33.1. The zero-order valence-corrected chi connectivity index (χ0v) is 17.1. The molecule has 0 N–H and O–H groups in total. The minimum absolute atomic E-state index is 0.0591. The molecule has 2 aromatic rings. The molecule has 2 atom stereocenters. The molecule has 0 spiro atoms. The summed E-state index contributed by atoms with van der Waals surface area (Å²) in [4.78, 5) is 0. The average Bonchev–Trinajstić information content (AvgIpc) is 2.74. The number of benzene rings is 1. The van der Waals surface area contributed by atoms with Crippen molar-refractivity contribution in [2.75, 3.05) is 0 Å². The summed E-state index contributed by atoms with van der Waals surface area (Å²) >= 11 is 0. The Morgan fingerprint density at radius 2 is 1.70 bits per heavy atom. The van der Waals surface area contributed by atoms with E-state index < -0.39 is 0 Å². The highest BCUT2D eigenvalue weighted by atomic mass is 15.1. The second-order valence-electron chi connectivity index (χ2n) is 9.20. The average molecular weight is 359 g/mol. The van der Waals surface area contributed by atoms with Gasteiger partial charge in [0.05, 0.1) is 11.0 Å². The number of nitrogens with zero attached hydrogens (tertiary/aromatic N) is 1. The molecular weight excluding hydrogens is 326 g/mol. The molecule has 6 rings (SSSR count). The summed E-state index contributed by atoms with van der Waals surface area (Å²) < 4.78 is 2.53. The van der Waals surface area contributed by atoms with Gasteiger partial charge in [-0.15, -0.1) is 0 Å². The van der Waals surface area contributed by atoms with E-state index in [1.165, 1.54) is 36.9 Å². The van der Waals surface area contributed by atoms with Gasteiger partial charge in [0.1, 0.15) is 0 Å². The van der Waals surface area contributed by atoms with E-state index in [1.807, 2.05) is 0 Å². The molecule has 0 amide bonds. The van der Waals surface area contributed by atoms with E-state index in [-0.39, 0.29) is 11.0 Å². The third-order valence-corrected chi connectivity index (χ3v) is 8.53. The molecule has 140 valence electrons. The molecular formula is C26H32N+. The fourth-order valence-corrected chi connectivity index (χ4v) is 6.76.